The molecule has 0 bridgehead atoms. The molecular formula is C42H45N7O11S. The maximum atomic E-state index is 14.2. The number of carbonyl (C=O) groups excluding carboxylic acids is 7. The number of thioether (sulfide) groups is 1. The number of alkyl carbamates (subject to hydrolysis) is 1. The molecule has 4 atom stereocenters. The van der Waals surface area contributed by atoms with E-state index in [2.05, 4.69) is 21.3 Å². The average Bonchev–Trinajstić information content (AvgIpc) is 3.24. The first-order valence-electron chi connectivity index (χ1n) is 18.8. The smallest absolute Gasteiger partial charge is 0.408 e. The number of carbonyl (C=O) groups is 7. The van der Waals surface area contributed by atoms with Crippen LogP contribution in [0.25, 0.3) is 0 Å². The lowest BCUT2D eigenvalue weighted by atomic mass is 10.0. The predicted molar refractivity (Wildman–Crippen MR) is 223 cm³/mol. The highest BCUT2D eigenvalue weighted by molar-refractivity contribution is 7.98. The van der Waals surface area contributed by atoms with E-state index in [1.807, 2.05) is 30.3 Å². The molecule has 0 fully saturated rings. The fourth-order valence-electron chi connectivity index (χ4n) is 5.61. The van der Waals surface area contributed by atoms with Crippen molar-refractivity contribution < 1.29 is 48.0 Å². The van der Waals surface area contributed by atoms with Gasteiger partial charge in [-0.05, 0) is 34.4 Å². The van der Waals surface area contributed by atoms with Gasteiger partial charge in [0.05, 0.1) is 17.8 Å². The van der Waals surface area contributed by atoms with Crippen molar-refractivity contribution in [2.75, 3.05) is 5.75 Å². The minimum absolute atomic E-state index is 0.0568. The summed E-state index contributed by atoms with van der Waals surface area (Å²) in [7, 11) is 0. The Bertz CT molecular complexity index is 2130. The molecule has 6 amide bonds. The number of nitrogens with two attached hydrogens (primary N) is 2. The monoisotopic (exact) mass is 855 g/mol. The molecule has 0 saturated heterocycles. The van der Waals surface area contributed by atoms with Gasteiger partial charge < -0.3 is 42.2 Å². The topological polar surface area (TPSA) is 281 Å². The summed E-state index contributed by atoms with van der Waals surface area (Å²) in [4.78, 5) is 102. The summed E-state index contributed by atoms with van der Waals surface area (Å²) < 4.78 is 10.5. The number of nitro groups is 1. The number of amides is 6. The zero-order valence-electron chi connectivity index (χ0n) is 32.7. The first-order valence-corrected chi connectivity index (χ1v) is 19.9. The van der Waals surface area contributed by atoms with Gasteiger partial charge in [0, 0.05) is 30.1 Å². The van der Waals surface area contributed by atoms with Gasteiger partial charge in [0.2, 0.25) is 29.5 Å². The molecule has 19 heteroatoms. The van der Waals surface area contributed by atoms with Gasteiger partial charge in [-0.2, -0.15) is 11.8 Å². The third kappa shape index (κ3) is 16.5. The van der Waals surface area contributed by atoms with Crippen molar-refractivity contribution in [2.24, 2.45) is 11.5 Å². The molecule has 0 spiro atoms. The molecular weight excluding hydrogens is 811 g/mol. The number of hydrogen-bond donors (Lipinski definition) is 6. The molecule has 0 aromatic heterocycles. The first kappa shape index (κ1) is 46.4. The Morgan fingerprint density at radius 2 is 1.02 bits per heavy atom. The summed E-state index contributed by atoms with van der Waals surface area (Å²) in [5.74, 6) is -5.28. The van der Waals surface area contributed by atoms with E-state index in [-0.39, 0.29) is 31.1 Å². The van der Waals surface area contributed by atoms with Crippen LogP contribution in [-0.2, 0) is 63.6 Å². The van der Waals surface area contributed by atoms with E-state index in [4.69, 9.17) is 20.9 Å². The molecule has 0 heterocycles. The van der Waals surface area contributed by atoms with Crippen LogP contribution in [0.2, 0.25) is 0 Å². The van der Waals surface area contributed by atoms with Gasteiger partial charge in [-0.3, -0.25) is 34.1 Å². The molecule has 18 nitrogen and oxygen atoms in total. The van der Waals surface area contributed by atoms with Crippen LogP contribution in [-0.4, -0.2) is 76.4 Å². The summed E-state index contributed by atoms with van der Waals surface area (Å²) in [6.07, 6.45) is -2.45. The van der Waals surface area contributed by atoms with Crippen LogP contribution in [0.15, 0.2) is 115 Å². The molecule has 4 aromatic rings. The molecule has 0 unspecified atom stereocenters. The van der Waals surface area contributed by atoms with Gasteiger partial charge in [-0.1, -0.05) is 91.0 Å². The van der Waals surface area contributed by atoms with Gasteiger partial charge in [-0.25, -0.2) is 9.59 Å². The van der Waals surface area contributed by atoms with Crippen LogP contribution in [0.1, 0.15) is 35.1 Å². The second kappa shape index (κ2) is 24.0. The summed E-state index contributed by atoms with van der Waals surface area (Å²) in [5, 5.41) is 21.0. The lowest BCUT2D eigenvalue weighted by Gasteiger charge is -2.26. The number of nitrogens with zero attached hydrogens (tertiary/aromatic N) is 1. The number of nitro benzene ring substituents is 1. The fraction of sp³-hybridized carbons (Fsp3) is 0.262. The molecule has 0 radical (unpaired) electrons. The molecule has 8 N–H and O–H groups in total. The summed E-state index contributed by atoms with van der Waals surface area (Å²) in [5.41, 5.74) is 13.2. The molecule has 61 heavy (non-hydrogen) atoms. The Hall–Kier alpha value is -7.28. The van der Waals surface area contributed by atoms with Crippen molar-refractivity contribution in [2.45, 2.75) is 62.4 Å². The van der Waals surface area contributed by atoms with E-state index in [1.165, 1.54) is 36.0 Å². The van der Waals surface area contributed by atoms with Gasteiger partial charge in [0.25, 0.3) is 5.69 Å². The lowest BCUT2D eigenvalue weighted by molar-refractivity contribution is -0.384. The first-order chi connectivity index (χ1) is 29.3. The van der Waals surface area contributed by atoms with E-state index < -0.39 is 83.5 Å². The van der Waals surface area contributed by atoms with Gasteiger partial charge in [0.15, 0.2) is 0 Å². The highest BCUT2D eigenvalue weighted by Gasteiger charge is 2.33. The quantitative estimate of drug-likeness (QED) is 0.0356. The number of nitrogens with one attached hydrogen (secondary N) is 4. The Morgan fingerprint density at radius 1 is 0.557 bits per heavy atom. The predicted octanol–water partition coefficient (Wildman–Crippen LogP) is 2.31. The number of primary amides is 2. The Balaban J connectivity index is 1.53. The summed E-state index contributed by atoms with van der Waals surface area (Å²) in [6.45, 7) is -0.494. The fourth-order valence-corrected chi connectivity index (χ4v) is 6.63. The van der Waals surface area contributed by atoms with Crippen LogP contribution in [0.4, 0.5) is 10.5 Å². The molecule has 4 rings (SSSR count). The van der Waals surface area contributed by atoms with Crippen molar-refractivity contribution in [3.05, 3.63) is 148 Å². The second-order valence-corrected chi connectivity index (χ2v) is 14.5. The number of rotatable bonds is 23. The third-order valence-electron chi connectivity index (χ3n) is 8.71. The van der Waals surface area contributed by atoms with Gasteiger partial charge in [-0.15, -0.1) is 0 Å². The number of benzene rings is 4. The van der Waals surface area contributed by atoms with E-state index in [0.717, 1.165) is 5.56 Å². The van der Waals surface area contributed by atoms with Crippen molar-refractivity contribution >= 4 is 59.0 Å². The molecule has 0 aliphatic carbocycles. The molecule has 4 aromatic carbocycles. The van der Waals surface area contributed by atoms with Crippen molar-refractivity contribution in [1.29, 1.82) is 0 Å². The van der Waals surface area contributed by atoms with E-state index in [0.29, 0.717) is 22.4 Å². The minimum atomic E-state index is -1.59. The minimum Gasteiger partial charge on any atom is -0.459 e. The summed E-state index contributed by atoms with van der Waals surface area (Å²) in [6, 6.07) is 25.8. The zero-order valence-corrected chi connectivity index (χ0v) is 33.5. The molecule has 0 saturated carbocycles. The number of non-ortho nitro benzene ring substituents is 1. The Kier molecular flexibility index (Phi) is 18.2. The van der Waals surface area contributed by atoms with Crippen LogP contribution in [0.3, 0.4) is 0 Å². The largest absolute Gasteiger partial charge is 0.459 e. The third-order valence-corrected chi connectivity index (χ3v) is 9.81. The van der Waals surface area contributed by atoms with Crippen molar-refractivity contribution in [3.8, 4) is 0 Å². The van der Waals surface area contributed by atoms with Crippen LogP contribution < -0.4 is 32.7 Å². The van der Waals surface area contributed by atoms with Crippen LogP contribution in [0.5, 0.6) is 0 Å². The average molecular weight is 856 g/mol. The Morgan fingerprint density at radius 3 is 1.59 bits per heavy atom. The highest BCUT2D eigenvalue weighted by Crippen LogP contribution is 2.16. The number of esters is 1. The lowest BCUT2D eigenvalue weighted by Crippen LogP contribution is -2.59. The van der Waals surface area contributed by atoms with Crippen molar-refractivity contribution in [3.63, 3.8) is 0 Å². The zero-order chi connectivity index (χ0) is 44.1. The SMILES string of the molecule is NC(=O)C[C@H](NC(=O)OCc1ccccc1)C(=O)N[C@@H](Cc1ccccc1)C(=O)N[C@@H](CSCc1ccccc1)C(=O)N[C@@H](CC(N)=O)C(=O)OCc1ccc([N+](=O)[O-])cc1. The summed E-state index contributed by atoms with van der Waals surface area (Å²) >= 11 is 1.26. The standard InChI is InChI=1S/C42H45N7O11S/c43-36(50)21-33(48-42(56)60-24-28-12-6-2-7-13-28)39(53)45-32(20-27-10-4-1-5-11-27)38(52)47-35(26-61-25-30-14-8-3-9-15-30)40(54)46-34(22-37(44)51)41(55)59-23-29-16-18-31(19-17-29)49(57)58/h1-19,32-35H,20-26H2,(H2,43,50)(H2,44,51)(H,45,53)(H,46,54)(H,47,52)(H,48,56)/t32-,33-,34-,35-/m0/s1. The molecule has 320 valence electrons. The molecule has 0 aliphatic rings. The van der Waals surface area contributed by atoms with Crippen LogP contribution >= 0.6 is 11.8 Å². The van der Waals surface area contributed by atoms with Crippen molar-refractivity contribution in [1.82, 2.24) is 21.3 Å². The number of ether oxygens (including phenoxy) is 2. The van der Waals surface area contributed by atoms with Gasteiger partial charge >= 0.3 is 12.1 Å². The van der Waals surface area contributed by atoms with Crippen LogP contribution in [0, 0.1) is 10.1 Å². The van der Waals surface area contributed by atoms with E-state index in [9.17, 15) is 43.7 Å². The van der Waals surface area contributed by atoms with E-state index >= 15 is 0 Å². The normalized spacial score (nSPS) is 12.6. The maximum Gasteiger partial charge on any atom is 0.408 e. The Labute approximate surface area is 354 Å². The van der Waals surface area contributed by atoms with E-state index in [1.54, 1.807) is 60.7 Å². The maximum absolute atomic E-state index is 14.2. The second-order valence-electron chi connectivity index (χ2n) is 13.5. The van der Waals surface area contributed by atoms with Gasteiger partial charge in [0.1, 0.15) is 37.4 Å². The number of hydrogen-bond acceptors (Lipinski definition) is 12. The highest BCUT2D eigenvalue weighted by atomic mass is 32.2. The molecule has 0 aliphatic heterocycles.